The van der Waals surface area contributed by atoms with E-state index in [9.17, 15) is 14.0 Å². The number of aromatic nitrogens is 1. The molecule has 4 rings (SSSR count). The highest BCUT2D eigenvalue weighted by Gasteiger charge is 2.17. The highest BCUT2D eigenvalue weighted by atomic mass is 32.1. The van der Waals surface area contributed by atoms with Gasteiger partial charge >= 0.3 is 11.8 Å². The van der Waals surface area contributed by atoms with Gasteiger partial charge in [0.2, 0.25) is 6.79 Å². The number of nitrogens with one attached hydrogen (secondary N) is 2. The number of carbonyl (C=O) groups is 2. The van der Waals surface area contributed by atoms with Crippen LogP contribution in [0.15, 0.2) is 47.8 Å². The van der Waals surface area contributed by atoms with Gasteiger partial charge in [-0.15, -0.1) is 11.3 Å². The first-order valence-corrected chi connectivity index (χ1v) is 9.65. The molecule has 0 fully saturated rings. The Bertz CT molecular complexity index is 1050. The Kier molecular flexibility index (Phi) is 5.39. The van der Waals surface area contributed by atoms with Crippen LogP contribution in [0.3, 0.4) is 0 Å². The number of anilines is 1. The van der Waals surface area contributed by atoms with Crippen LogP contribution in [0.1, 0.15) is 5.69 Å². The Morgan fingerprint density at radius 1 is 1.07 bits per heavy atom. The Balaban J connectivity index is 1.26. The zero-order chi connectivity index (χ0) is 20.2. The third kappa shape index (κ3) is 4.52. The molecule has 2 aromatic carbocycles. The maximum atomic E-state index is 13.0. The average molecular weight is 413 g/mol. The lowest BCUT2D eigenvalue weighted by Crippen LogP contribution is -2.36. The predicted octanol–water partition coefficient (Wildman–Crippen LogP) is 2.98. The molecule has 0 atom stereocenters. The molecule has 2 heterocycles. The largest absolute Gasteiger partial charge is 0.454 e. The van der Waals surface area contributed by atoms with Gasteiger partial charge in [-0.1, -0.05) is 0 Å². The number of hydrogen-bond donors (Lipinski definition) is 2. The van der Waals surface area contributed by atoms with Crippen molar-refractivity contribution in [3.05, 3.63) is 59.4 Å². The molecule has 1 aromatic heterocycles. The van der Waals surface area contributed by atoms with Crippen LogP contribution in [0.25, 0.3) is 10.6 Å². The Hall–Kier alpha value is -3.46. The number of ether oxygens (including phenoxy) is 2. The molecule has 29 heavy (non-hydrogen) atoms. The third-order valence-corrected chi connectivity index (χ3v) is 5.09. The molecule has 1 aliphatic rings. The van der Waals surface area contributed by atoms with Gasteiger partial charge in [0.15, 0.2) is 11.5 Å². The monoisotopic (exact) mass is 413 g/mol. The summed E-state index contributed by atoms with van der Waals surface area (Å²) in [6.45, 7) is 0.396. The molecule has 0 saturated heterocycles. The smallest absolute Gasteiger partial charge is 0.313 e. The summed E-state index contributed by atoms with van der Waals surface area (Å²) in [7, 11) is 0. The minimum atomic E-state index is -0.769. The Morgan fingerprint density at radius 2 is 1.86 bits per heavy atom. The molecule has 2 N–H and O–H groups in total. The molecule has 2 amide bonds. The van der Waals surface area contributed by atoms with Crippen LogP contribution in [0.4, 0.5) is 10.1 Å². The summed E-state index contributed by atoms with van der Waals surface area (Å²) in [6.07, 6.45) is 0.473. The van der Waals surface area contributed by atoms with Crippen LogP contribution in [0.2, 0.25) is 0 Å². The summed E-state index contributed by atoms with van der Waals surface area (Å²) in [4.78, 5) is 28.5. The van der Waals surface area contributed by atoms with Crippen molar-refractivity contribution in [3.8, 4) is 22.1 Å². The number of nitrogens with zero attached hydrogens (tertiary/aromatic N) is 1. The van der Waals surface area contributed by atoms with Crippen LogP contribution in [0, 0.1) is 5.82 Å². The summed E-state index contributed by atoms with van der Waals surface area (Å²) < 4.78 is 23.4. The van der Waals surface area contributed by atoms with E-state index in [2.05, 4.69) is 15.6 Å². The molecule has 0 spiro atoms. The second-order valence-corrected chi connectivity index (χ2v) is 7.04. The molecule has 0 saturated carbocycles. The van der Waals surface area contributed by atoms with Crippen molar-refractivity contribution in [2.24, 2.45) is 0 Å². The first-order valence-electron chi connectivity index (χ1n) is 8.78. The van der Waals surface area contributed by atoms with Crippen LogP contribution in [0.5, 0.6) is 11.5 Å². The SMILES string of the molecule is O=C(NCCc1csc(-c2ccc(F)cc2)n1)C(=O)Nc1ccc2c(c1)OCO2. The zero-order valence-electron chi connectivity index (χ0n) is 15.1. The van der Waals surface area contributed by atoms with Gasteiger partial charge in [0, 0.05) is 35.7 Å². The molecular formula is C20H16FN3O4S. The third-order valence-electron chi connectivity index (χ3n) is 4.15. The number of hydrogen-bond acceptors (Lipinski definition) is 6. The summed E-state index contributed by atoms with van der Waals surface area (Å²) in [5.74, 6) is -0.697. The topological polar surface area (TPSA) is 89.6 Å². The van der Waals surface area contributed by atoms with E-state index in [-0.39, 0.29) is 19.2 Å². The van der Waals surface area contributed by atoms with Crippen molar-refractivity contribution in [2.75, 3.05) is 18.7 Å². The van der Waals surface area contributed by atoms with Crippen molar-refractivity contribution in [1.29, 1.82) is 0 Å². The quantitative estimate of drug-likeness (QED) is 0.628. The van der Waals surface area contributed by atoms with Crippen LogP contribution < -0.4 is 20.1 Å². The Morgan fingerprint density at radius 3 is 2.69 bits per heavy atom. The molecule has 7 nitrogen and oxygen atoms in total. The van der Waals surface area contributed by atoms with E-state index in [4.69, 9.17) is 9.47 Å². The first kappa shape index (κ1) is 18.9. The number of amides is 2. The van der Waals surface area contributed by atoms with Crippen molar-refractivity contribution in [1.82, 2.24) is 10.3 Å². The number of benzene rings is 2. The van der Waals surface area contributed by atoms with Gasteiger partial charge < -0.3 is 20.1 Å². The zero-order valence-corrected chi connectivity index (χ0v) is 15.9. The number of halogens is 1. The second kappa shape index (κ2) is 8.27. The minimum Gasteiger partial charge on any atom is -0.454 e. The fraction of sp³-hybridized carbons (Fsp3) is 0.150. The van der Waals surface area contributed by atoms with E-state index in [0.29, 0.717) is 23.6 Å². The molecule has 148 valence electrons. The highest BCUT2D eigenvalue weighted by molar-refractivity contribution is 7.13. The van der Waals surface area contributed by atoms with Gasteiger partial charge in [-0.2, -0.15) is 0 Å². The number of fused-ring (bicyclic) bond motifs is 1. The van der Waals surface area contributed by atoms with Crippen molar-refractivity contribution in [3.63, 3.8) is 0 Å². The van der Waals surface area contributed by atoms with E-state index < -0.39 is 11.8 Å². The molecular weight excluding hydrogens is 397 g/mol. The van der Waals surface area contributed by atoms with Crippen LogP contribution >= 0.6 is 11.3 Å². The standard InChI is InChI=1S/C20H16FN3O4S/c21-13-3-1-12(2-4-13)20-24-15(10-29-20)7-8-22-18(25)19(26)23-14-5-6-16-17(9-14)28-11-27-16/h1-6,9-10H,7-8,11H2,(H,22,25)(H,23,26). The van der Waals surface area contributed by atoms with Gasteiger partial charge in [0.05, 0.1) is 5.69 Å². The maximum Gasteiger partial charge on any atom is 0.313 e. The number of rotatable bonds is 5. The van der Waals surface area contributed by atoms with E-state index in [1.165, 1.54) is 23.5 Å². The molecule has 0 unspecified atom stereocenters. The Labute approximate surface area is 169 Å². The van der Waals surface area contributed by atoms with Crippen LogP contribution in [-0.4, -0.2) is 30.1 Å². The first-order chi connectivity index (χ1) is 14.1. The van der Waals surface area contributed by atoms with Gasteiger partial charge in [-0.05, 0) is 36.4 Å². The van der Waals surface area contributed by atoms with Crippen LogP contribution in [-0.2, 0) is 16.0 Å². The van der Waals surface area contributed by atoms with Crippen molar-refractivity contribution >= 4 is 28.8 Å². The molecule has 0 bridgehead atoms. The summed E-state index contributed by atoms with van der Waals surface area (Å²) in [5, 5.41) is 7.73. The number of carbonyl (C=O) groups excluding carboxylic acids is 2. The molecule has 0 aliphatic carbocycles. The maximum absolute atomic E-state index is 13.0. The average Bonchev–Trinajstić information content (AvgIpc) is 3.37. The van der Waals surface area contributed by atoms with E-state index in [1.54, 1.807) is 30.3 Å². The lowest BCUT2D eigenvalue weighted by atomic mass is 10.2. The lowest BCUT2D eigenvalue weighted by molar-refractivity contribution is -0.136. The fourth-order valence-corrected chi connectivity index (χ4v) is 3.55. The molecule has 3 aromatic rings. The summed E-state index contributed by atoms with van der Waals surface area (Å²) >= 11 is 1.44. The van der Waals surface area contributed by atoms with Gasteiger partial charge in [-0.25, -0.2) is 9.37 Å². The van der Waals surface area contributed by atoms with E-state index in [0.717, 1.165) is 16.3 Å². The summed E-state index contributed by atoms with van der Waals surface area (Å²) in [6, 6.07) is 11.0. The van der Waals surface area contributed by atoms with Gasteiger partial charge in [-0.3, -0.25) is 9.59 Å². The van der Waals surface area contributed by atoms with E-state index in [1.807, 2.05) is 5.38 Å². The minimum absolute atomic E-state index is 0.132. The van der Waals surface area contributed by atoms with Crippen molar-refractivity contribution < 1.29 is 23.5 Å². The lowest BCUT2D eigenvalue weighted by Gasteiger charge is -2.06. The summed E-state index contributed by atoms with van der Waals surface area (Å²) in [5.41, 5.74) is 2.05. The normalized spacial score (nSPS) is 11.9. The second-order valence-electron chi connectivity index (χ2n) is 6.18. The van der Waals surface area contributed by atoms with Crippen molar-refractivity contribution in [2.45, 2.75) is 6.42 Å². The highest BCUT2D eigenvalue weighted by Crippen LogP contribution is 2.34. The number of thiazole rings is 1. The molecule has 9 heteroatoms. The van der Waals surface area contributed by atoms with E-state index >= 15 is 0 Å². The van der Waals surface area contributed by atoms with Gasteiger partial charge in [0.1, 0.15) is 10.8 Å². The molecule has 1 aliphatic heterocycles. The molecule has 0 radical (unpaired) electrons. The van der Waals surface area contributed by atoms with Gasteiger partial charge in [0.25, 0.3) is 0 Å². The fourth-order valence-electron chi connectivity index (χ4n) is 2.69. The predicted molar refractivity (Wildman–Crippen MR) is 105 cm³/mol.